The molecule has 0 saturated carbocycles. The molecule has 2 N–H and O–H groups in total. The monoisotopic (exact) mass is 311 g/mol. The molecule has 0 bridgehead atoms. The summed E-state index contributed by atoms with van der Waals surface area (Å²) in [6, 6.07) is 7.17. The fourth-order valence-corrected chi connectivity index (χ4v) is 1.88. The van der Waals surface area contributed by atoms with E-state index in [1.807, 2.05) is 6.07 Å². The second-order valence-electron chi connectivity index (χ2n) is 3.48. The lowest BCUT2D eigenvalue weighted by Crippen LogP contribution is -2.19. The zero-order valence-electron chi connectivity index (χ0n) is 9.01. The first-order valence-corrected chi connectivity index (χ1v) is 5.86. The minimum Gasteiger partial charge on any atom is -0.372 e. The molecule has 17 heavy (non-hydrogen) atoms. The smallest absolute Gasteiger partial charge is 0.372 e. The van der Waals surface area contributed by atoms with Crippen molar-refractivity contribution < 1.29 is 17.9 Å². The molecule has 0 aromatic heterocycles. The molecule has 1 rings (SSSR count). The number of hydrogen-bond acceptors (Lipinski definition) is 2. The predicted octanol–water partition coefficient (Wildman–Crippen LogP) is 3.42. The van der Waals surface area contributed by atoms with Crippen molar-refractivity contribution in [2.45, 2.75) is 18.7 Å². The summed E-state index contributed by atoms with van der Waals surface area (Å²) in [6.07, 6.45) is -5.69. The lowest BCUT2D eigenvalue weighted by Gasteiger charge is -2.18. The molecule has 0 saturated heterocycles. The molecule has 1 aromatic rings. The Morgan fingerprint density at radius 1 is 1.29 bits per heavy atom. The molecule has 0 aliphatic rings. The normalized spacial score (nSPS) is 13.7. The molecule has 1 atom stereocenters. The van der Waals surface area contributed by atoms with Crippen LogP contribution in [0.25, 0.3) is 0 Å². The molecule has 0 spiro atoms. The Balaban J connectivity index is 2.58. The Bertz CT molecular complexity index is 357. The summed E-state index contributed by atoms with van der Waals surface area (Å²) in [6.45, 7) is -0.243. The number of ether oxygens (including phenoxy) is 1. The Morgan fingerprint density at radius 3 is 2.47 bits per heavy atom. The number of rotatable bonds is 5. The van der Waals surface area contributed by atoms with Gasteiger partial charge in [0.25, 0.3) is 0 Å². The first kappa shape index (κ1) is 14.5. The van der Waals surface area contributed by atoms with Crippen LogP contribution in [0.4, 0.5) is 13.2 Å². The summed E-state index contributed by atoms with van der Waals surface area (Å²) < 4.78 is 41.9. The lowest BCUT2D eigenvalue weighted by molar-refractivity contribution is -0.149. The van der Waals surface area contributed by atoms with Crippen LogP contribution in [0, 0.1) is 0 Å². The molecule has 0 radical (unpaired) electrons. The molecular weight excluding hydrogens is 299 g/mol. The van der Waals surface area contributed by atoms with E-state index in [2.05, 4.69) is 15.9 Å². The third-order valence-electron chi connectivity index (χ3n) is 2.17. The summed E-state index contributed by atoms with van der Waals surface area (Å²) in [5, 5.41) is 0. The van der Waals surface area contributed by atoms with Gasteiger partial charge < -0.3 is 10.5 Å². The van der Waals surface area contributed by atoms with Crippen LogP contribution in [-0.2, 0) is 4.74 Å². The third-order valence-corrected chi connectivity index (χ3v) is 2.89. The van der Waals surface area contributed by atoms with Crippen molar-refractivity contribution in [1.82, 2.24) is 0 Å². The maximum atomic E-state index is 12.0. The fraction of sp³-hybridized carbons (Fsp3) is 0.455. The van der Waals surface area contributed by atoms with Gasteiger partial charge in [0.15, 0.2) is 0 Å². The van der Waals surface area contributed by atoms with Gasteiger partial charge in [-0.05, 0) is 11.6 Å². The van der Waals surface area contributed by atoms with Crippen molar-refractivity contribution in [2.75, 3.05) is 13.2 Å². The molecular formula is C11H13BrF3NO. The van der Waals surface area contributed by atoms with Crippen LogP contribution in [0.5, 0.6) is 0 Å². The number of benzene rings is 1. The fourth-order valence-electron chi connectivity index (χ4n) is 1.34. The van der Waals surface area contributed by atoms with Gasteiger partial charge in [0, 0.05) is 11.0 Å². The van der Waals surface area contributed by atoms with Gasteiger partial charge in [-0.25, -0.2) is 0 Å². The van der Waals surface area contributed by atoms with Crippen LogP contribution in [0.15, 0.2) is 28.7 Å². The van der Waals surface area contributed by atoms with Crippen molar-refractivity contribution >= 4 is 15.9 Å². The van der Waals surface area contributed by atoms with E-state index in [-0.39, 0.29) is 13.2 Å². The van der Waals surface area contributed by atoms with Crippen molar-refractivity contribution in [3.63, 3.8) is 0 Å². The zero-order chi connectivity index (χ0) is 12.9. The average molecular weight is 312 g/mol. The van der Waals surface area contributed by atoms with Crippen LogP contribution in [0.2, 0.25) is 0 Å². The molecule has 0 aliphatic heterocycles. The highest BCUT2D eigenvalue weighted by Gasteiger charge is 2.27. The summed E-state index contributed by atoms with van der Waals surface area (Å²) >= 11 is 3.31. The van der Waals surface area contributed by atoms with Crippen molar-refractivity contribution in [3.05, 3.63) is 34.3 Å². The van der Waals surface area contributed by atoms with Crippen molar-refractivity contribution in [1.29, 1.82) is 0 Å². The minimum atomic E-state index is -4.20. The highest BCUT2D eigenvalue weighted by Crippen LogP contribution is 2.26. The van der Waals surface area contributed by atoms with Gasteiger partial charge >= 0.3 is 6.18 Å². The van der Waals surface area contributed by atoms with Crippen molar-refractivity contribution in [3.8, 4) is 0 Å². The molecule has 0 aliphatic carbocycles. The van der Waals surface area contributed by atoms with E-state index < -0.39 is 18.7 Å². The van der Waals surface area contributed by atoms with E-state index in [0.29, 0.717) is 0 Å². The number of hydrogen-bond donors (Lipinski definition) is 1. The van der Waals surface area contributed by atoms with E-state index in [1.54, 1.807) is 18.2 Å². The standard InChI is InChI=1S/C11H13BrF3NO/c12-9-4-2-1-3-8(9)10(7-16)17-6-5-11(13,14)15/h1-4,10H,5-7,16H2. The highest BCUT2D eigenvalue weighted by molar-refractivity contribution is 9.10. The van der Waals surface area contributed by atoms with Crippen LogP contribution in [-0.4, -0.2) is 19.3 Å². The largest absolute Gasteiger partial charge is 0.391 e. The maximum absolute atomic E-state index is 12.0. The minimum absolute atomic E-state index is 0.139. The highest BCUT2D eigenvalue weighted by atomic mass is 79.9. The Hall–Kier alpha value is -0.590. The first-order chi connectivity index (χ1) is 7.94. The van der Waals surface area contributed by atoms with Gasteiger partial charge in [-0.1, -0.05) is 34.1 Å². The number of nitrogens with two attached hydrogens (primary N) is 1. The molecule has 1 aromatic carbocycles. The SMILES string of the molecule is NCC(OCCC(F)(F)F)c1ccccc1Br. The van der Waals surface area contributed by atoms with Crippen LogP contribution in [0.1, 0.15) is 18.1 Å². The second-order valence-corrected chi connectivity index (χ2v) is 4.34. The molecule has 0 amide bonds. The summed E-state index contributed by atoms with van der Waals surface area (Å²) in [7, 11) is 0. The quantitative estimate of drug-likeness (QED) is 0.904. The first-order valence-electron chi connectivity index (χ1n) is 5.07. The van der Waals surface area contributed by atoms with E-state index in [1.165, 1.54) is 0 Å². The van der Waals surface area contributed by atoms with Crippen molar-refractivity contribution in [2.24, 2.45) is 5.73 Å². The van der Waals surface area contributed by atoms with Crippen LogP contribution >= 0.6 is 15.9 Å². The molecule has 0 heterocycles. The van der Waals surface area contributed by atoms with Crippen LogP contribution in [0.3, 0.4) is 0 Å². The predicted molar refractivity (Wildman–Crippen MR) is 62.6 cm³/mol. The van der Waals surface area contributed by atoms with Gasteiger partial charge in [-0.2, -0.15) is 13.2 Å². The van der Waals surface area contributed by atoms with Gasteiger partial charge in [0.1, 0.15) is 0 Å². The number of halogens is 4. The topological polar surface area (TPSA) is 35.2 Å². The van der Waals surface area contributed by atoms with E-state index in [4.69, 9.17) is 10.5 Å². The molecule has 0 fully saturated rings. The Morgan fingerprint density at radius 2 is 1.94 bits per heavy atom. The third kappa shape index (κ3) is 5.06. The zero-order valence-corrected chi connectivity index (χ0v) is 10.6. The van der Waals surface area contributed by atoms with Gasteiger partial charge in [0.2, 0.25) is 0 Å². The lowest BCUT2D eigenvalue weighted by atomic mass is 10.1. The van der Waals surface area contributed by atoms with Crippen LogP contribution < -0.4 is 5.73 Å². The average Bonchev–Trinajstić information content (AvgIpc) is 2.24. The summed E-state index contributed by atoms with van der Waals surface area (Å²) in [5.74, 6) is 0. The molecule has 96 valence electrons. The molecule has 6 heteroatoms. The number of alkyl halides is 3. The second kappa shape index (κ2) is 6.37. The maximum Gasteiger partial charge on any atom is 0.391 e. The Labute approximate surface area is 106 Å². The molecule has 1 unspecified atom stereocenters. The summed E-state index contributed by atoms with van der Waals surface area (Å²) in [4.78, 5) is 0. The van der Waals surface area contributed by atoms with Gasteiger partial charge in [-0.15, -0.1) is 0 Å². The van der Waals surface area contributed by atoms with E-state index in [0.717, 1.165) is 10.0 Å². The molecule has 2 nitrogen and oxygen atoms in total. The van der Waals surface area contributed by atoms with Gasteiger partial charge in [0.05, 0.1) is 19.1 Å². The van der Waals surface area contributed by atoms with E-state index >= 15 is 0 Å². The Kier molecular flexibility index (Phi) is 5.42. The summed E-state index contributed by atoms with van der Waals surface area (Å²) in [5.41, 5.74) is 6.26. The van der Waals surface area contributed by atoms with E-state index in [9.17, 15) is 13.2 Å². The van der Waals surface area contributed by atoms with Gasteiger partial charge in [-0.3, -0.25) is 0 Å².